The zero-order valence-corrected chi connectivity index (χ0v) is 11.2. The Hall–Kier alpha value is -0.930. The molecule has 2 aliphatic rings. The van der Waals surface area contributed by atoms with Gasteiger partial charge in [-0.3, -0.25) is 9.88 Å². The first-order chi connectivity index (χ1) is 8.78. The summed E-state index contributed by atoms with van der Waals surface area (Å²) < 4.78 is 0. The predicted octanol–water partition coefficient (Wildman–Crippen LogP) is 2.26. The van der Waals surface area contributed by atoms with E-state index in [-0.39, 0.29) is 0 Å². The normalized spacial score (nSPS) is 21.3. The Bertz CT molecular complexity index is 393. The Morgan fingerprint density at radius 3 is 2.61 bits per heavy atom. The lowest BCUT2D eigenvalue weighted by Crippen LogP contribution is -2.37. The molecule has 1 aromatic heterocycles. The molecule has 1 unspecified atom stereocenters. The Balaban J connectivity index is 1.77. The lowest BCUT2D eigenvalue weighted by atomic mass is 10.1. The Kier molecular flexibility index (Phi) is 3.35. The van der Waals surface area contributed by atoms with Crippen molar-refractivity contribution in [3.63, 3.8) is 0 Å². The maximum atomic E-state index is 6.04. The van der Waals surface area contributed by atoms with Crippen LogP contribution in [0, 0.1) is 12.8 Å². The van der Waals surface area contributed by atoms with E-state index in [2.05, 4.69) is 22.0 Å². The number of aryl methyl sites for hydroxylation is 1. The highest BCUT2D eigenvalue weighted by Gasteiger charge is 2.37. The standard InChI is InChI=1S/C15H23N3/c1-11-2-5-13(9-17-11)15(8-16)18(14-6-7-14)10-12-3-4-12/h2,5,9,12,14-15H,3-4,6-8,10,16H2,1H3. The lowest BCUT2D eigenvalue weighted by Gasteiger charge is -2.31. The van der Waals surface area contributed by atoms with Gasteiger partial charge in [-0.15, -0.1) is 0 Å². The van der Waals surface area contributed by atoms with Crippen molar-refractivity contribution in [1.82, 2.24) is 9.88 Å². The highest BCUT2D eigenvalue weighted by Crippen LogP contribution is 2.39. The first kappa shape index (κ1) is 12.1. The van der Waals surface area contributed by atoms with Gasteiger partial charge in [0.15, 0.2) is 0 Å². The fraction of sp³-hybridized carbons (Fsp3) is 0.667. The van der Waals surface area contributed by atoms with Crippen molar-refractivity contribution in [2.24, 2.45) is 11.7 Å². The first-order valence-corrected chi connectivity index (χ1v) is 7.16. The monoisotopic (exact) mass is 245 g/mol. The fourth-order valence-electron chi connectivity index (χ4n) is 2.67. The van der Waals surface area contributed by atoms with Gasteiger partial charge >= 0.3 is 0 Å². The van der Waals surface area contributed by atoms with Crippen molar-refractivity contribution in [2.75, 3.05) is 13.1 Å². The molecule has 0 spiro atoms. The van der Waals surface area contributed by atoms with Crippen LogP contribution >= 0.6 is 0 Å². The van der Waals surface area contributed by atoms with Crippen LogP contribution < -0.4 is 5.73 Å². The van der Waals surface area contributed by atoms with Crippen molar-refractivity contribution in [3.05, 3.63) is 29.6 Å². The number of rotatable bonds is 6. The van der Waals surface area contributed by atoms with Crippen LogP contribution in [0.1, 0.15) is 43.0 Å². The third kappa shape index (κ3) is 2.73. The van der Waals surface area contributed by atoms with Gasteiger partial charge < -0.3 is 5.73 Å². The molecule has 2 fully saturated rings. The molecule has 0 saturated heterocycles. The Labute approximate surface area is 109 Å². The number of hydrogen-bond acceptors (Lipinski definition) is 3. The SMILES string of the molecule is Cc1ccc(C(CN)N(CC2CC2)C2CC2)cn1. The second-order valence-electron chi connectivity index (χ2n) is 5.86. The van der Waals surface area contributed by atoms with Crippen molar-refractivity contribution < 1.29 is 0 Å². The second-order valence-corrected chi connectivity index (χ2v) is 5.86. The molecule has 0 aliphatic heterocycles. The summed E-state index contributed by atoms with van der Waals surface area (Å²) in [6.07, 6.45) is 7.53. The van der Waals surface area contributed by atoms with Crippen LogP contribution in [0.2, 0.25) is 0 Å². The number of hydrogen-bond donors (Lipinski definition) is 1. The molecular weight excluding hydrogens is 222 g/mol. The Morgan fingerprint density at radius 1 is 1.33 bits per heavy atom. The fourth-order valence-corrected chi connectivity index (χ4v) is 2.67. The minimum atomic E-state index is 0.367. The number of nitrogens with zero attached hydrogens (tertiary/aromatic N) is 2. The van der Waals surface area contributed by atoms with Crippen LogP contribution in [0.4, 0.5) is 0 Å². The van der Waals surface area contributed by atoms with E-state index in [9.17, 15) is 0 Å². The van der Waals surface area contributed by atoms with Gasteiger partial charge in [-0.25, -0.2) is 0 Å². The van der Waals surface area contributed by atoms with Crippen LogP contribution in [0.25, 0.3) is 0 Å². The molecule has 98 valence electrons. The van der Waals surface area contributed by atoms with Crippen LogP contribution in [0.15, 0.2) is 18.3 Å². The van der Waals surface area contributed by atoms with E-state index >= 15 is 0 Å². The van der Waals surface area contributed by atoms with Crippen LogP contribution in [-0.4, -0.2) is 29.0 Å². The molecule has 0 aromatic carbocycles. The molecule has 3 rings (SSSR count). The molecule has 2 saturated carbocycles. The molecule has 1 aromatic rings. The minimum absolute atomic E-state index is 0.367. The maximum absolute atomic E-state index is 6.04. The number of pyridine rings is 1. The molecule has 2 N–H and O–H groups in total. The zero-order chi connectivity index (χ0) is 12.5. The van der Waals surface area contributed by atoms with E-state index < -0.39 is 0 Å². The summed E-state index contributed by atoms with van der Waals surface area (Å²) in [5.74, 6) is 0.929. The third-order valence-electron chi connectivity index (χ3n) is 4.12. The molecule has 1 atom stereocenters. The molecule has 2 aliphatic carbocycles. The quantitative estimate of drug-likeness (QED) is 0.836. The van der Waals surface area contributed by atoms with Crippen molar-refractivity contribution in [1.29, 1.82) is 0 Å². The van der Waals surface area contributed by atoms with Gasteiger partial charge in [-0.2, -0.15) is 0 Å². The smallest absolute Gasteiger partial charge is 0.0488 e. The molecule has 0 radical (unpaired) electrons. The summed E-state index contributed by atoms with van der Waals surface area (Å²) in [6.45, 7) is 3.97. The van der Waals surface area contributed by atoms with Crippen LogP contribution in [0.5, 0.6) is 0 Å². The molecular formula is C15H23N3. The summed E-state index contributed by atoms with van der Waals surface area (Å²) in [4.78, 5) is 7.07. The van der Waals surface area contributed by atoms with E-state index in [1.807, 2.05) is 13.1 Å². The zero-order valence-electron chi connectivity index (χ0n) is 11.2. The number of nitrogens with two attached hydrogens (primary N) is 1. The molecule has 1 heterocycles. The summed E-state index contributed by atoms with van der Waals surface area (Å²) >= 11 is 0. The summed E-state index contributed by atoms with van der Waals surface area (Å²) in [6, 6.07) is 5.44. The average Bonchev–Trinajstić information content (AvgIpc) is 3.25. The summed E-state index contributed by atoms with van der Waals surface area (Å²) in [7, 11) is 0. The summed E-state index contributed by atoms with van der Waals surface area (Å²) in [5.41, 5.74) is 8.40. The second kappa shape index (κ2) is 4.98. The van der Waals surface area contributed by atoms with Gasteiger partial charge in [0, 0.05) is 37.1 Å². The summed E-state index contributed by atoms with van der Waals surface area (Å²) in [5, 5.41) is 0. The Morgan fingerprint density at radius 2 is 2.11 bits per heavy atom. The van der Waals surface area contributed by atoms with E-state index in [4.69, 9.17) is 5.73 Å². The highest BCUT2D eigenvalue weighted by molar-refractivity contribution is 5.18. The van der Waals surface area contributed by atoms with Crippen molar-refractivity contribution in [3.8, 4) is 0 Å². The van der Waals surface area contributed by atoms with Gasteiger partial charge in [0.1, 0.15) is 0 Å². The largest absolute Gasteiger partial charge is 0.329 e. The van der Waals surface area contributed by atoms with E-state index in [1.54, 1.807) is 0 Å². The van der Waals surface area contributed by atoms with Crippen LogP contribution in [0.3, 0.4) is 0 Å². The average molecular weight is 245 g/mol. The van der Waals surface area contributed by atoms with Crippen molar-refractivity contribution in [2.45, 2.75) is 44.7 Å². The van der Waals surface area contributed by atoms with Gasteiger partial charge in [0.2, 0.25) is 0 Å². The molecule has 0 amide bonds. The topological polar surface area (TPSA) is 42.1 Å². The lowest BCUT2D eigenvalue weighted by molar-refractivity contribution is 0.182. The van der Waals surface area contributed by atoms with Gasteiger partial charge in [-0.1, -0.05) is 6.07 Å². The van der Waals surface area contributed by atoms with Crippen molar-refractivity contribution >= 4 is 0 Å². The predicted molar refractivity (Wildman–Crippen MR) is 73.2 cm³/mol. The van der Waals surface area contributed by atoms with E-state index in [0.29, 0.717) is 12.6 Å². The molecule has 3 heteroatoms. The minimum Gasteiger partial charge on any atom is -0.329 e. The van der Waals surface area contributed by atoms with Gasteiger partial charge in [0.05, 0.1) is 0 Å². The van der Waals surface area contributed by atoms with Gasteiger partial charge in [0.25, 0.3) is 0 Å². The van der Waals surface area contributed by atoms with E-state index in [1.165, 1.54) is 37.8 Å². The molecule has 18 heavy (non-hydrogen) atoms. The first-order valence-electron chi connectivity index (χ1n) is 7.16. The highest BCUT2D eigenvalue weighted by atomic mass is 15.2. The van der Waals surface area contributed by atoms with E-state index in [0.717, 1.165) is 17.7 Å². The molecule has 0 bridgehead atoms. The maximum Gasteiger partial charge on any atom is 0.0488 e. The molecule has 3 nitrogen and oxygen atoms in total. The number of aromatic nitrogens is 1. The van der Waals surface area contributed by atoms with Gasteiger partial charge in [-0.05, 0) is 50.2 Å². The third-order valence-corrected chi connectivity index (χ3v) is 4.12. The van der Waals surface area contributed by atoms with Crippen LogP contribution in [-0.2, 0) is 0 Å².